The molecule has 1 saturated carbocycles. The van der Waals surface area contributed by atoms with Crippen molar-refractivity contribution >= 4 is 18.4 Å². The van der Waals surface area contributed by atoms with E-state index in [0.717, 1.165) is 25.7 Å². The lowest BCUT2D eigenvalue weighted by Crippen LogP contribution is -2.41. The molecule has 1 rings (SSSR count). The van der Waals surface area contributed by atoms with Gasteiger partial charge < -0.3 is 15.6 Å². The summed E-state index contributed by atoms with van der Waals surface area (Å²) in [6.07, 6.45) is 3.94. The Bertz CT molecular complexity index is 189. The maximum atomic E-state index is 10.6. The Morgan fingerprint density at radius 2 is 2.21 bits per heavy atom. The van der Waals surface area contributed by atoms with Crippen molar-refractivity contribution in [1.29, 1.82) is 0 Å². The van der Waals surface area contributed by atoms with Crippen LogP contribution in [0.3, 0.4) is 0 Å². The lowest BCUT2D eigenvalue weighted by Gasteiger charge is -2.30. The standard InChI is InChI=1S/C9H17NO3.ClH/c1-13-7-4-2-3-6(5-7)8(10)9(11)12;/h6-8H,2-5,10H2,1H3,(H,11,12);1H. The van der Waals surface area contributed by atoms with Crippen molar-refractivity contribution in [2.75, 3.05) is 7.11 Å². The molecular formula is C9H18ClNO3. The van der Waals surface area contributed by atoms with Crippen LogP contribution < -0.4 is 5.73 Å². The molecule has 84 valence electrons. The summed E-state index contributed by atoms with van der Waals surface area (Å²) in [5.74, 6) is -0.821. The van der Waals surface area contributed by atoms with Crippen LogP contribution in [0.4, 0.5) is 0 Å². The van der Waals surface area contributed by atoms with Crippen molar-refractivity contribution in [3.8, 4) is 0 Å². The van der Waals surface area contributed by atoms with Crippen LogP contribution in [-0.4, -0.2) is 30.3 Å². The van der Waals surface area contributed by atoms with Crippen LogP contribution in [0.5, 0.6) is 0 Å². The highest BCUT2D eigenvalue weighted by atomic mass is 35.5. The molecule has 0 amide bonds. The van der Waals surface area contributed by atoms with E-state index in [0.29, 0.717) is 0 Å². The summed E-state index contributed by atoms with van der Waals surface area (Å²) < 4.78 is 5.20. The molecule has 14 heavy (non-hydrogen) atoms. The van der Waals surface area contributed by atoms with Gasteiger partial charge in [0.15, 0.2) is 0 Å². The molecule has 0 heterocycles. The van der Waals surface area contributed by atoms with E-state index in [1.165, 1.54) is 0 Å². The second-order valence-electron chi connectivity index (χ2n) is 3.65. The summed E-state index contributed by atoms with van der Waals surface area (Å²) in [7, 11) is 1.67. The van der Waals surface area contributed by atoms with E-state index >= 15 is 0 Å². The molecule has 4 nitrogen and oxygen atoms in total. The van der Waals surface area contributed by atoms with Crippen LogP contribution in [0.15, 0.2) is 0 Å². The Kier molecular flexibility index (Phi) is 6.08. The zero-order valence-electron chi connectivity index (χ0n) is 8.31. The number of nitrogens with two attached hydrogens (primary N) is 1. The lowest BCUT2D eigenvalue weighted by atomic mass is 9.82. The Balaban J connectivity index is 0.00000169. The minimum absolute atomic E-state index is 0. The summed E-state index contributed by atoms with van der Waals surface area (Å²) in [5.41, 5.74) is 5.55. The number of hydrogen-bond donors (Lipinski definition) is 2. The fraction of sp³-hybridized carbons (Fsp3) is 0.889. The highest BCUT2D eigenvalue weighted by molar-refractivity contribution is 5.85. The largest absolute Gasteiger partial charge is 0.480 e. The molecular weight excluding hydrogens is 206 g/mol. The number of carboxylic acid groups (broad SMARTS) is 1. The Labute approximate surface area is 90.2 Å². The minimum atomic E-state index is -0.901. The number of methoxy groups -OCH3 is 1. The second kappa shape index (κ2) is 6.22. The molecule has 0 spiro atoms. The average molecular weight is 224 g/mol. The summed E-state index contributed by atoms with van der Waals surface area (Å²) in [4.78, 5) is 10.6. The van der Waals surface area contributed by atoms with Crippen LogP contribution in [0.1, 0.15) is 25.7 Å². The third kappa shape index (κ3) is 3.44. The smallest absolute Gasteiger partial charge is 0.320 e. The first kappa shape index (κ1) is 13.7. The van der Waals surface area contributed by atoms with Gasteiger partial charge in [-0.1, -0.05) is 6.42 Å². The predicted molar refractivity (Wildman–Crippen MR) is 55.6 cm³/mol. The third-order valence-electron chi connectivity index (χ3n) is 2.79. The number of rotatable bonds is 3. The number of carbonyl (C=O) groups is 1. The first-order chi connectivity index (χ1) is 6.15. The molecule has 0 saturated heterocycles. The Morgan fingerprint density at radius 1 is 1.57 bits per heavy atom. The predicted octanol–water partition coefficient (Wildman–Crippen LogP) is 1.03. The van der Waals surface area contributed by atoms with Crippen LogP contribution >= 0.6 is 12.4 Å². The topological polar surface area (TPSA) is 72.5 Å². The third-order valence-corrected chi connectivity index (χ3v) is 2.79. The molecule has 0 aromatic heterocycles. The first-order valence-electron chi connectivity index (χ1n) is 4.66. The van der Waals surface area contributed by atoms with Gasteiger partial charge in [0.05, 0.1) is 6.10 Å². The van der Waals surface area contributed by atoms with Gasteiger partial charge in [0.1, 0.15) is 6.04 Å². The van der Waals surface area contributed by atoms with Gasteiger partial charge in [-0.3, -0.25) is 4.79 Å². The van der Waals surface area contributed by atoms with Gasteiger partial charge in [-0.25, -0.2) is 0 Å². The minimum Gasteiger partial charge on any atom is -0.480 e. The Morgan fingerprint density at radius 3 is 2.71 bits per heavy atom. The molecule has 0 aromatic rings. The molecule has 0 aliphatic heterocycles. The molecule has 0 aromatic carbocycles. The molecule has 3 N–H and O–H groups in total. The number of hydrogen-bond acceptors (Lipinski definition) is 3. The van der Waals surface area contributed by atoms with Crippen molar-refractivity contribution in [3.63, 3.8) is 0 Å². The molecule has 3 unspecified atom stereocenters. The normalized spacial score (nSPS) is 29.0. The average Bonchev–Trinajstić information content (AvgIpc) is 2.16. The number of ether oxygens (including phenoxy) is 1. The lowest BCUT2D eigenvalue weighted by molar-refractivity contribution is -0.140. The first-order valence-corrected chi connectivity index (χ1v) is 4.66. The van der Waals surface area contributed by atoms with Gasteiger partial charge in [-0.2, -0.15) is 0 Å². The van der Waals surface area contributed by atoms with E-state index in [2.05, 4.69) is 0 Å². The van der Waals surface area contributed by atoms with Crippen molar-refractivity contribution in [2.24, 2.45) is 11.7 Å². The van der Waals surface area contributed by atoms with Gasteiger partial charge in [0.2, 0.25) is 0 Å². The van der Waals surface area contributed by atoms with Crippen LogP contribution in [-0.2, 0) is 9.53 Å². The van der Waals surface area contributed by atoms with Crippen molar-refractivity contribution in [2.45, 2.75) is 37.8 Å². The number of aliphatic carboxylic acids is 1. The highest BCUT2D eigenvalue weighted by Gasteiger charge is 2.29. The van der Waals surface area contributed by atoms with Crippen LogP contribution in [0, 0.1) is 5.92 Å². The van der Waals surface area contributed by atoms with Gasteiger partial charge >= 0.3 is 5.97 Å². The summed E-state index contributed by atoms with van der Waals surface area (Å²) in [6, 6.07) is -0.724. The second-order valence-corrected chi connectivity index (χ2v) is 3.65. The van der Waals surface area contributed by atoms with E-state index in [9.17, 15) is 4.79 Å². The van der Waals surface area contributed by atoms with Gasteiger partial charge in [0.25, 0.3) is 0 Å². The van der Waals surface area contributed by atoms with E-state index in [4.69, 9.17) is 15.6 Å². The molecule has 5 heteroatoms. The van der Waals surface area contributed by atoms with Gasteiger partial charge in [0, 0.05) is 7.11 Å². The molecule has 1 aliphatic carbocycles. The number of carboxylic acids is 1. The molecule has 0 radical (unpaired) electrons. The van der Waals surface area contributed by atoms with E-state index in [-0.39, 0.29) is 24.4 Å². The van der Waals surface area contributed by atoms with Gasteiger partial charge in [-0.05, 0) is 25.2 Å². The van der Waals surface area contributed by atoms with E-state index in [1.807, 2.05) is 0 Å². The number of halogens is 1. The fourth-order valence-electron chi connectivity index (χ4n) is 1.92. The molecule has 0 bridgehead atoms. The van der Waals surface area contributed by atoms with Gasteiger partial charge in [-0.15, -0.1) is 12.4 Å². The van der Waals surface area contributed by atoms with E-state index in [1.54, 1.807) is 7.11 Å². The quantitative estimate of drug-likeness (QED) is 0.750. The zero-order valence-corrected chi connectivity index (χ0v) is 9.13. The van der Waals surface area contributed by atoms with Crippen molar-refractivity contribution < 1.29 is 14.6 Å². The Hall–Kier alpha value is -0.320. The molecule has 3 atom stereocenters. The van der Waals surface area contributed by atoms with Crippen LogP contribution in [0.2, 0.25) is 0 Å². The molecule has 1 fully saturated rings. The molecule has 1 aliphatic rings. The summed E-state index contributed by atoms with van der Waals surface area (Å²) in [5, 5.41) is 8.73. The maximum absolute atomic E-state index is 10.6. The fourth-order valence-corrected chi connectivity index (χ4v) is 1.92. The van der Waals surface area contributed by atoms with Crippen molar-refractivity contribution in [1.82, 2.24) is 0 Å². The monoisotopic (exact) mass is 223 g/mol. The SMILES string of the molecule is COC1CCCC(C(N)C(=O)O)C1.Cl. The highest BCUT2D eigenvalue weighted by Crippen LogP contribution is 2.27. The van der Waals surface area contributed by atoms with Crippen LogP contribution in [0.25, 0.3) is 0 Å². The summed E-state index contributed by atoms with van der Waals surface area (Å²) >= 11 is 0. The van der Waals surface area contributed by atoms with Crippen molar-refractivity contribution in [3.05, 3.63) is 0 Å². The summed E-state index contributed by atoms with van der Waals surface area (Å²) in [6.45, 7) is 0. The van der Waals surface area contributed by atoms with E-state index < -0.39 is 12.0 Å². The zero-order chi connectivity index (χ0) is 9.84. The maximum Gasteiger partial charge on any atom is 0.320 e.